The lowest BCUT2D eigenvalue weighted by atomic mass is 9.82. The number of carbonyl (C=O) groups excluding carboxylic acids is 1. The van der Waals surface area contributed by atoms with Crippen LogP contribution in [0.4, 0.5) is 0 Å². The molecule has 0 saturated carbocycles. The maximum Gasteiger partial charge on any atom is 0.332 e. The predicted molar refractivity (Wildman–Crippen MR) is 102 cm³/mol. The Kier molecular flexibility index (Phi) is 7.02. The Hall–Kier alpha value is -2.14. The summed E-state index contributed by atoms with van der Waals surface area (Å²) in [4.78, 5) is 24.0. The van der Waals surface area contributed by atoms with Crippen molar-refractivity contribution < 1.29 is 43.5 Å². The highest BCUT2D eigenvalue weighted by Gasteiger charge is 2.62. The van der Waals surface area contributed by atoms with Crippen LogP contribution >= 0.6 is 0 Å². The number of carbonyl (C=O) groups is 2. The van der Waals surface area contributed by atoms with Crippen LogP contribution < -0.4 is 0 Å². The third-order valence-electron chi connectivity index (χ3n) is 5.15. The summed E-state index contributed by atoms with van der Waals surface area (Å²) >= 11 is 0. The fraction of sp³-hybridized carbons (Fsp3) is 0.524. The molecule has 30 heavy (non-hydrogen) atoms. The Bertz CT molecular complexity index is 767. The summed E-state index contributed by atoms with van der Waals surface area (Å²) in [6, 6.07) is 9.08. The number of Topliss-reactive ketones (excluding diaryl/α,β-unsaturated/α-hetero) is 1. The van der Waals surface area contributed by atoms with Gasteiger partial charge in [0.15, 0.2) is 24.5 Å². The number of hydrogen-bond donors (Lipinski definition) is 2. The molecular formula is C21H26O9. The van der Waals surface area contributed by atoms with Crippen LogP contribution in [0, 0.1) is 0 Å². The standard InChI is InChI=1S/C21H26O9/c1-4-10-26-20-21(25,13(3)22)17(28-12(2)18(23)24)16-15(29-20)11-27-19(30-16)14-8-6-5-7-9-14/h4-9,12,15-17,19-20,25H,1,10-11H2,2-3H3,(H,23,24)/t12-,15-,16-,17+,19?,20?,21-/m1/s1. The molecular weight excluding hydrogens is 396 g/mol. The molecule has 0 aliphatic carbocycles. The summed E-state index contributed by atoms with van der Waals surface area (Å²) in [5.74, 6) is -1.96. The summed E-state index contributed by atoms with van der Waals surface area (Å²) in [5.41, 5.74) is -1.58. The van der Waals surface area contributed by atoms with E-state index >= 15 is 0 Å². The minimum Gasteiger partial charge on any atom is -0.479 e. The van der Waals surface area contributed by atoms with E-state index < -0.39 is 54.3 Å². The number of aliphatic carboxylic acids is 1. The molecule has 0 aromatic heterocycles. The fourth-order valence-corrected chi connectivity index (χ4v) is 3.51. The first-order valence-electron chi connectivity index (χ1n) is 9.60. The van der Waals surface area contributed by atoms with Crippen molar-refractivity contribution in [3.8, 4) is 0 Å². The largest absolute Gasteiger partial charge is 0.479 e. The van der Waals surface area contributed by atoms with Crippen molar-refractivity contribution in [3.63, 3.8) is 0 Å². The second-order valence-corrected chi connectivity index (χ2v) is 7.22. The SMILES string of the molecule is C=CCOC1O[C@@H]2COC(c3ccccc3)O[C@H]2[C@H](O[C@H](C)C(=O)O)[C@]1(O)C(C)=O. The number of aliphatic hydroxyl groups is 1. The van der Waals surface area contributed by atoms with Crippen molar-refractivity contribution in [1.29, 1.82) is 0 Å². The number of benzene rings is 1. The van der Waals surface area contributed by atoms with Crippen LogP contribution in [0.25, 0.3) is 0 Å². The summed E-state index contributed by atoms with van der Waals surface area (Å²) in [5, 5.41) is 20.7. The van der Waals surface area contributed by atoms with Gasteiger partial charge in [-0.05, 0) is 13.8 Å². The molecule has 164 valence electrons. The van der Waals surface area contributed by atoms with Crippen LogP contribution in [-0.2, 0) is 33.3 Å². The monoisotopic (exact) mass is 422 g/mol. The third-order valence-corrected chi connectivity index (χ3v) is 5.15. The van der Waals surface area contributed by atoms with E-state index in [9.17, 15) is 19.8 Å². The summed E-state index contributed by atoms with van der Waals surface area (Å²) in [7, 11) is 0. The van der Waals surface area contributed by atoms with E-state index in [1.807, 2.05) is 18.2 Å². The highest BCUT2D eigenvalue weighted by molar-refractivity contribution is 5.86. The van der Waals surface area contributed by atoms with Gasteiger partial charge in [-0.3, -0.25) is 4.79 Å². The van der Waals surface area contributed by atoms with E-state index in [0.29, 0.717) is 0 Å². The molecule has 1 aromatic rings. The van der Waals surface area contributed by atoms with Crippen LogP contribution in [0.2, 0.25) is 0 Å². The van der Waals surface area contributed by atoms with Crippen LogP contribution in [0.15, 0.2) is 43.0 Å². The molecule has 9 heteroatoms. The fourth-order valence-electron chi connectivity index (χ4n) is 3.51. The van der Waals surface area contributed by atoms with Gasteiger partial charge >= 0.3 is 5.97 Å². The van der Waals surface area contributed by atoms with Crippen LogP contribution in [-0.4, -0.2) is 71.5 Å². The average Bonchev–Trinajstić information content (AvgIpc) is 2.74. The summed E-state index contributed by atoms with van der Waals surface area (Å²) in [6.45, 7) is 6.07. The van der Waals surface area contributed by atoms with Gasteiger partial charge in [-0.1, -0.05) is 36.4 Å². The second-order valence-electron chi connectivity index (χ2n) is 7.22. The van der Waals surface area contributed by atoms with Gasteiger partial charge in [0.1, 0.15) is 18.3 Å². The van der Waals surface area contributed by atoms with Gasteiger partial charge in [0.25, 0.3) is 0 Å². The number of ketones is 1. The van der Waals surface area contributed by atoms with E-state index in [1.165, 1.54) is 13.0 Å². The Morgan fingerprint density at radius 3 is 2.63 bits per heavy atom. The second kappa shape index (κ2) is 9.34. The number of carboxylic acid groups (broad SMARTS) is 1. The molecule has 2 heterocycles. The first-order valence-corrected chi connectivity index (χ1v) is 9.60. The topological polar surface area (TPSA) is 121 Å². The smallest absolute Gasteiger partial charge is 0.332 e. The van der Waals surface area contributed by atoms with Gasteiger partial charge in [0.05, 0.1) is 13.2 Å². The number of hydrogen-bond acceptors (Lipinski definition) is 8. The average molecular weight is 422 g/mol. The molecule has 2 aliphatic heterocycles. The summed E-state index contributed by atoms with van der Waals surface area (Å²) < 4.78 is 28.7. The van der Waals surface area contributed by atoms with Gasteiger partial charge in [-0.25, -0.2) is 4.79 Å². The van der Waals surface area contributed by atoms with Crippen molar-refractivity contribution in [2.45, 2.75) is 56.4 Å². The molecule has 0 spiro atoms. The molecule has 9 nitrogen and oxygen atoms in total. The van der Waals surface area contributed by atoms with Crippen molar-refractivity contribution in [2.75, 3.05) is 13.2 Å². The molecule has 2 N–H and O–H groups in total. The van der Waals surface area contributed by atoms with Crippen LogP contribution in [0.5, 0.6) is 0 Å². The van der Waals surface area contributed by atoms with Crippen molar-refractivity contribution in [1.82, 2.24) is 0 Å². The zero-order valence-electron chi connectivity index (χ0n) is 16.8. The molecule has 3 rings (SSSR count). The highest BCUT2D eigenvalue weighted by atomic mass is 16.8. The molecule has 1 aromatic carbocycles. The van der Waals surface area contributed by atoms with Gasteiger partial charge < -0.3 is 33.9 Å². The Balaban J connectivity index is 1.96. The van der Waals surface area contributed by atoms with Crippen LogP contribution in [0.3, 0.4) is 0 Å². The lowest BCUT2D eigenvalue weighted by molar-refractivity contribution is -0.383. The van der Waals surface area contributed by atoms with E-state index in [4.69, 9.17) is 23.7 Å². The number of ether oxygens (including phenoxy) is 5. The van der Waals surface area contributed by atoms with E-state index in [2.05, 4.69) is 6.58 Å². The van der Waals surface area contributed by atoms with Crippen molar-refractivity contribution in [2.24, 2.45) is 0 Å². The van der Waals surface area contributed by atoms with Gasteiger partial charge in [0, 0.05) is 5.56 Å². The Morgan fingerprint density at radius 2 is 2.03 bits per heavy atom. The minimum absolute atomic E-state index is 0.00674. The van der Waals surface area contributed by atoms with E-state index in [0.717, 1.165) is 12.5 Å². The molecule has 2 saturated heterocycles. The molecule has 2 unspecified atom stereocenters. The van der Waals surface area contributed by atoms with Gasteiger partial charge in [-0.15, -0.1) is 6.58 Å². The quantitative estimate of drug-likeness (QED) is 0.595. The van der Waals surface area contributed by atoms with Gasteiger partial charge in [-0.2, -0.15) is 0 Å². The van der Waals surface area contributed by atoms with Crippen LogP contribution in [0.1, 0.15) is 25.7 Å². The number of carboxylic acids is 1. The third kappa shape index (κ3) is 4.31. The molecule has 7 atom stereocenters. The van der Waals surface area contributed by atoms with E-state index in [1.54, 1.807) is 12.1 Å². The normalized spacial score (nSPS) is 34.6. The maximum absolute atomic E-state index is 12.5. The molecule has 0 amide bonds. The summed E-state index contributed by atoms with van der Waals surface area (Å²) in [6.07, 6.45) is -5.21. The van der Waals surface area contributed by atoms with E-state index in [-0.39, 0.29) is 13.2 Å². The first kappa shape index (κ1) is 22.5. The Labute approximate surface area is 174 Å². The predicted octanol–water partition coefficient (Wildman–Crippen LogP) is 1.21. The minimum atomic E-state index is -2.30. The lowest BCUT2D eigenvalue weighted by Gasteiger charge is -2.52. The Morgan fingerprint density at radius 1 is 1.33 bits per heavy atom. The van der Waals surface area contributed by atoms with Crippen molar-refractivity contribution in [3.05, 3.63) is 48.6 Å². The molecule has 0 radical (unpaired) electrons. The zero-order chi connectivity index (χ0) is 21.9. The lowest BCUT2D eigenvalue weighted by Crippen LogP contribution is -2.72. The van der Waals surface area contributed by atoms with Gasteiger partial charge in [0.2, 0.25) is 5.60 Å². The molecule has 0 bridgehead atoms. The zero-order valence-corrected chi connectivity index (χ0v) is 16.8. The number of rotatable bonds is 8. The maximum atomic E-state index is 12.5. The number of fused-ring (bicyclic) bond motifs is 1. The van der Waals surface area contributed by atoms with Crippen molar-refractivity contribution >= 4 is 11.8 Å². The molecule has 2 aliphatic rings. The molecule has 2 fully saturated rings. The highest BCUT2D eigenvalue weighted by Crippen LogP contribution is 2.41. The first-order chi connectivity index (χ1) is 14.3.